The number of phenols is 1. The SMILES string of the molecule is CCCCOc1ccc(/C(O)=C2\C(=O)C(=O)N(CCCN(C)C)[C@@H]2c2ccc(O)c(OC)c2)cc1C. The number of Topliss-reactive ketones (excluding diaryl/α,β-unsaturated/α-hetero) is 1. The number of hydrogen-bond acceptors (Lipinski definition) is 7. The number of benzene rings is 2. The van der Waals surface area contributed by atoms with Crippen molar-refractivity contribution in [3.8, 4) is 17.2 Å². The van der Waals surface area contributed by atoms with Gasteiger partial charge in [0.1, 0.15) is 11.5 Å². The van der Waals surface area contributed by atoms with Gasteiger partial charge < -0.3 is 29.5 Å². The number of aryl methyl sites for hydroxylation is 1. The van der Waals surface area contributed by atoms with Crippen LogP contribution in [-0.2, 0) is 9.59 Å². The zero-order valence-electron chi connectivity index (χ0n) is 21.7. The molecule has 0 aromatic heterocycles. The number of aliphatic hydroxyl groups is 1. The maximum atomic E-state index is 13.2. The van der Waals surface area contributed by atoms with Crippen molar-refractivity contribution in [2.45, 2.75) is 39.2 Å². The number of unbranched alkanes of at least 4 members (excludes halogenated alkanes) is 1. The number of aliphatic hydroxyl groups excluding tert-OH is 1. The first-order valence-electron chi connectivity index (χ1n) is 12.2. The predicted molar refractivity (Wildman–Crippen MR) is 138 cm³/mol. The summed E-state index contributed by atoms with van der Waals surface area (Å²) in [5.41, 5.74) is 1.82. The lowest BCUT2D eigenvalue weighted by Crippen LogP contribution is -2.32. The fraction of sp³-hybridized carbons (Fsp3) is 0.429. The lowest BCUT2D eigenvalue weighted by molar-refractivity contribution is -0.139. The number of nitrogens with zero attached hydrogens (tertiary/aromatic N) is 2. The number of likely N-dealkylation sites (tertiary alicyclic amines) is 1. The molecular formula is C28H36N2O6. The third-order valence-corrected chi connectivity index (χ3v) is 6.27. The van der Waals surface area contributed by atoms with Gasteiger partial charge in [-0.25, -0.2) is 0 Å². The average Bonchev–Trinajstić information content (AvgIpc) is 3.10. The standard InChI is InChI=1S/C28H36N2O6/c1-6-7-15-36-22-12-10-20(16-18(22)2)26(32)24-25(19-9-11-21(31)23(17-19)35-5)30(28(34)27(24)33)14-8-13-29(3)4/h9-12,16-17,25,31-32H,6-8,13-15H2,1-5H3/b26-24+/t25-/m1/s1. The summed E-state index contributed by atoms with van der Waals surface area (Å²) in [7, 11) is 5.31. The van der Waals surface area contributed by atoms with E-state index in [0.717, 1.165) is 24.9 Å². The molecule has 0 aliphatic carbocycles. The van der Waals surface area contributed by atoms with Crippen molar-refractivity contribution in [3.05, 3.63) is 58.7 Å². The van der Waals surface area contributed by atoms with E-state index in [4.69, 9.17) is 9.47 Å². The van der Waals surface area contributed by atoms with Gasteiger partial charge in [0.15, 0.2) is 11.5 Å². The molecule has 1 fully saturated rings. The molecule has 36 heavy (non-hydrogen) atoms. The molecule has 0 spiro atoms. The lowest BCUT2D eigenvalue weighted by atomic mass is 9.94. The van der Waals surface area contributed by atoms with Gasteiger partial charge in [0, 0.05) is 12.1 Å². The minimum absolute atomic E-state index is 0.0108. The number of hydrogen-bond donors (Lipinski definition) is 2. The van der Waals surface area contributed by atoms with Gasteiger partial charge in [-0.05, 0) is 81.9 Å². The van der Waals surface area contributed by atoms with Gasteiger partial charge >= 0.3 is 0 Å². The molecule has 3 rings (SSSR count). The molecular weight excluding hydrogens is 460 g/mol. The minimum atomic E-state index is -0.817. The number of rotatable bonds is 11. The number of amides is 1. The fourth-order valence-electron chi connectivity index (χ4n) is 4.32. The summed E-state index contributed by atoms with van der Waals surface area (Å²) in [6.07, 6.45) is 2.61. The summed E-state index contributed by atoms with van der Waals surface area (Å²) >= 11 is 0. The second kappa shape index (κ2) is 11.9. The van der Waals surface area contributed by atoms with Crippen LogP contribution in [0.15, 0.2) is 42.0 Å². The van der Waals surface area contributed by atoms with Crippen molar-refractivity contribution in [2.24, 2.45) is 0 Å². The number of aromatic hydroxyl groups is 1. The maximum Gasteiger partial charge on any atom is 0.295 e. The van der Waals surface area contributed by atoms with E-state index in [1.807, 2.05) is 25.9 Å². The molecule has 1 atom stereocenters. The lowest BCUT2D eigenvalue weighted by Gasteiger charge is -2.26. The summed E-state index contributed by atoms with van der Waals surface area (Å²) in [4.78, 5) is 29.8. The van der Waals surface area contributed by atoms with Crippen molar-refractivity contribution in [2.75, 3.05) is 40.9 Å². The Morgan fingerprint density at radius 1 is 1.08 bits per heavy atom. The largest absolute Gasteiger partial charge is 0.507 e. The average molecular weight is 497 g/mol. The zero-order valence-corrected chi connectivity index (χ0v) is 21.7. The van der Waals surface area contributed by atoms with Crippen molar-refractivity contribution in [3.63, 3.8) is 0 Å². The molecule has 0 bridgehead atoms. The molecule has 8 nitrogen and oxygen atoms in total. The van der Waals surface area contributed by atoms with Crippen LogP contribution in [0.5, 0.6) is 17.2 Å². The van der Waals surface area contributed by atoms with Crippen LogP contribution in [-0.4, -0.2) is 72.6 Å². The Balaban J connectivity index is 2.07. The van der Waals surface area contributed by atoms with E-state index in [0.29, 0.717) is 36.4 Å². The highest BCUT2D eigenvalue weighted by Crippen LogP contribution is 2.42. The Labute approximate surface area is 212 Å². The number of carbonyl (C=O) groups is 2. The predicted octanol–water partition coefficient (Wildman–Crippen LogP) is 4.26. The van der Waals surface area contributed by atoms with Gasteiger partial charge in [0.05, 0.1) is 25.3 Å². The Morgan fingerprint density at radius 2 is 1.83 bits per heavy atom. The monoisotopic (exact) mass is 496 g/mol. The minimum Gasteiger partial charge on any atom is -0.507 e. The van der Waals surface area contributed by atoms with E-state index in [-0.39, 0.29) is 22.8 Å². The molecule has 1 aliphatic rings. The number of ether oxygens (including phenoxy) is 2. The quantitative estimate of drug-likeness (QED) is 0.208. The molecule has 2 aromatic rings. The summed E-state index contributed by atoms with van der Waals surface area (Å²) in [5, 5.41) is 21.4. The molecule has 194 valence electrons. The first kappa shape index (κ1) is 27.1. The normalized spacial score (nSPS) is 17.2. The highest BCUT2D eigenvalue weighted by molar-refractivity contribution is 6.46. The van der Waals surface area contributed by atoms with Crippen LogP contribution in [0, 0.1) is 6.92 Å². The third kappa shape index (κ3) is 5.82. The van der Waals surface area contributed by atoms with E-state index in [1.165, 1.54) is 18.1 Å². The van der Waals surface area contributed by atoms with Gasteiger partial charge in [0.25, 0.3) is 11.7 Å². The number of ketones is 1. The van der Waals surface area contributed by atoms with Crippen LogP contribution in [0.3, 0.4) is 0 Å². The van der Waals surface area contributed by atoms with E-state index in [9.17, 15) is 19.8 Å². The van der Waals surface area contributed by atoms with Crippen molar-refractivity contribution >= 4 is 17.4 Å². The van der Waals surface area contributed by atoms with E-state index >= 15 is 0 Å². The fourth-order valence-corrected chi connectivity index (χ4v) is 4.32. The van der Waals surface area contributed by atoms with Crippen LogP contribution < -0.4 is 9.47 Å². The van der Waals surface area contributed by atoms with Gasteiger partial charge in [-0.2, -0.15) is 0 Å². The number of carbonyl (C=O) groups excluding carboxylic acids is 2. The first-order valence-corrected chi connectivity index (χ1v) is 12.2. The van der Waals surface area contributed by atoms with Crippen LogP contribution >= 0.6 is 0 Å². The van der Waals surface area contributed by atoms with Crippen molar-refractivity contribution in [1.29, 1.82) is 0 Å². The molecule has 0 radical (unpaired) electrons. The topological polar surface area (TPSA) is 99.5 Å². The highest BCUT2D eigenvalue weighted by Gasteiger charge is 2.46. The van der Waals surface area contributed by atoms with Crippen LogP contribution in [0.1, 0.15) is 48.9 Å². The molecule has 8 heteroatoms. The van der Waals surface area contributed by atoms with E-state index in [1.54, 1.807) is 30.3 Å². The highest BCUT2D eigenvalue weighted by atomic mass is 16.5. The van der Waals surface area contributed by atoms with E-state index < -0.39 is 17.7 Å². The van der Waals surface area contributed by atoms with Crippen LogP contribution in [0.25, 0.3) is 5.76 Å². The third-order valence-electron chi connectivity index (χ3n) is 6.27. The Kier molecular flexibility index (Phi) is 8.98. The van der Waals surface area contributed by atoms with Crippen molar-refractivity contribution < 1.29 is 29.3 Å². The zero-order chi connectivity index (χ0) is 26.4. The van der Waals surface area contributed by atoms with Gasteiger partial charge in [-0.1, -0.05) is 19.4 Å². The Hall–Kier alpha value is -3.52. The van der Waals surface area contributed by atoms with Crippen LogP contribution in [0.2, 0.25) is 0 Å². The molecule has 1 saturated heterocycles. The molecule has 1 aliphatic heterocycles. The molecule has 0 saturated carbocycles. The molecule has 1 heterocycles. The summed E-state index contributed by atoms with van der Waals surface area (Å²) in [5.74, 6) is -0.775. The number of methoxy groups -OCH3 is 1. The summed E-state index contributed by atoms with van der Waals surface area (Å²) in [6.45, 7) is 5.63. The molecule has 2 N–H and O–H groups in total. The van der Waals surface area contributed by atoms with Gasteiger partial charge in [-0.15, -0.1) is 0 Å². The second-order valence-corrected chi connectivity index (χ2v) is 9.26. The smallest absolute Gasteiger partial charge is 0.295 e. The number of phenolic OH excluding ortho intramolecular Hbond substituents is 1. The molecule has 0 unspecified atom stereocenters. The Morgan fingerprint density at radius 3 is 2.47 bits per heavy atom. The van der Waals surface area contributed by atoms with Gasteiger partial charge in [0.2, 0.25) is 0 Å². The Bertz CT molecular complexity index is 1140. The van der Waals surface area contributed by atoms with Crippen molar-refractivity contribution in [1.82, 2.24) is 9.80 Å². The second-order valence-electron chi connectivity index (χ2n) is 9.26. The summed E-state index contributed by atoms with van der Waals surface area (Å²) < 4.78 is 11.1. The first-order chi connectivity index (χ1) is 17.2. The maximum absolute atomic E-state index is 13.2. The summed E-state index contributed by atoms with van der Waals surface area (Å²) in [6, 6.07) is 9.08. The van der Waals surface area contributed by atoms with E-state index in [2.05, 4.69) is 6.92 Å². The molecule has 2 aromatic carbocycles. The van der Waals surface area contributed by atoms with Crippen LogP contribution in [0.4, 0.5) is 0 Å². The van der Waals surface area contributed by atoms with Gasteiger partial charge in [-0.3, -0.25) is 9.59 Å². The molecule has 1 amide bonds.